The summed E-state index contributed by atoms with van der Waals surface area (Å²) in [6.45, 7) is 2.23. The molecule has 3 nitrogen and oxygen atoms in total. The molecule has 0 bridgehead atoms. The Hall–Kier alpha value is -0.580. The number of halogens is 2. The summed E-state index contributed by atoms with van der Waals surface area (Å²) < 4.78 is 1.09. The van der Waals surface area contributed by atoms with Crippen molar-refractivity contribution in [1.29, 1.82) is 0 Å². The third-order valence-electron chi connectivity index (χ3n) is 3.48. The summed E-state index contributed by atoms with van der Waals surface area (Å²) in [6, 6.07) is 8.25. The Balaban J connectivity index is 0.00000200. The van der Waals surface area contributed by atoms with Crippen LogP contribution >= 0.6 is 28.3 Å². The van der Waals surface area contributed by atoms with Crippen molar-refractivity contribution in [2.45, 2.75) is 19.3 Å². The lowest BCUT2D eigenvalue weighted by molar-refractivity contribution is -0.128. The predicted molar refractivity (Wildman–Crippen MR) is 88.3 cm³/mol. The minimum Gasteiger partial charge on any atom is -0.344 e. The van der Waals surface area contributed by atoms with Crippen molar-refractivity contribution in [3.05, 3.63) is 34.3 Å². The van der Waals surface area contributed by atoms with Crippen molar-refractivity contribution in [2.24, 2.45) is 5.92 Å². The standard InChI is InChI=1S/C15H21BrN2O.ClH/c1-18(15(19)11-17-10-13-2-3-13)9-8-12-4-6-14(16)7-5-12;/h4-7,13,17H,2-3,8-11H2,1H3;1H. The van der Waals surface area contributed by atoms with Gasteiger partial charge in [0.2, 0.25) is 5.91 Å². The Morgan fingerprint density at radius 1 is 1.35 bits per heavy atom. The van der Waals surface area contributed by atoms with E-state index in [4.69, 9.17) is 0 Å². The zero-order valence-corrected chi connectivity index (χ0v) is 14.2. The van der Waals surface area contributed by atoms with E-state index in [9.17, 15) is 4.79 Å². The molecule has 0 atom stereocenters. The second-order valence-electron chi connectivity index (χ2n) is 5.27. The van der Waals surface area contributed by atoms with Crippen LogP contribution < -0.4 is 5.32 Å². The van der Waals surface area contributed by atoms with Crippen LogP contribution in [0.3, 0.4) is 0 Å². The first kappa shape index (κ1) is 17.5. The van der Waals surface area contributed by atoms with Gasteiger partial charge in [0.25, 0.3) is 0 Å². The Morgan fingerprint density at radius 3 is 2.60 bits per heavy atom. The molecule has 1 saturated carbocycles. The summed E-state index contributed by atoms with van der Waals surface area (Å²) in [5, 5.41) is 3.24. The summed E-state index contributed by atoms with van der Waals surface area (Å²) >= 11 is 3.42. The lowest BCUT2D eigenvalue weighted by Gasteiger charge is -2.17. The zero-order chi connectivity index (χ0) is 13.7. The molecule has 2 rings (SSSR count). The van der Waals surface area contributed by atoms with E-state index in [1.165, 1.54) is 18.4 Å². The average Bonchev–Trinajstić information content (AvgIpc) is 3.21. The molecule has 0 spiro atoms. The number of nitrogens with one attached hydrogen (secondary N) is 1. The van der Waals surface area contributed by atoms with Crippen molar-refractivity contribution in [3.8, 4) is 0 Å². The zero-order valence-electron chi connectivity index (χ0n) is 11.8. The number of nitrogens with zero attached hydrogens (tertiary/aromatic N) is 1. The first-order chi connectivity index (χ1) is 9.15. The van der Waals surface area contributed by atoms with Gasteiger partial charge in [0.1, 0.15) is 0 Å². The van der Waals surface area contributed by atoms with Crippen LogP contribution in [0.1, 0.15) is 18.4 Å². The highest BCUT2D eigenvalue weighted by atomic mass is 79.9. The Bertz CT molecular complexity index is 420. The summed E-state index contributed by atoms with van der Waals surface area (Å²) in [5.41, 5.74) is 1.26. The maximum absolute atomic E-state index is 11.9. The molecule has 1 aliphatic rings. The van der Waals surface area contributed by atoms with E-state index in [-0.39, 0.29) is 18.3 Å². The highest BCUT2D eigenvalue weighted by Gasteiger charge is 2.20. The first-order valence-electron chi connectivity index (χ1n) is 6.84. The second-order valence-corrected chi connectivity index (χ2v) is 6.18. The predicted octanol–water partition coefficient (Wildman–Crippen LogP) is 2.87. The van der Waals surface area contributed by atoms with E-state index in [0.717, 1.165) is 29.9 Å². The molecule has 0 aromatic heterocycles. The van der Waals surface area contributed by atoms with Gasteiger partial charge in [-0.2, -0.15) is 0 Å². The van der Waals surface area contributed by atoms with Gasteiger partial charge in [-0.3, -0.25) is 4.79 Å². The minimum atomic E-state index is 0. The Labute approximate surface area is 135 Å². The van der Waals surface area contributed by atoms with Gasteiger partial charge in [-0.05, 0) is 49.4 Å². The van der Waals surface area contributed by atoms with Crippen molar-refractivity contribution >= 4 is 34.2 Å². The number of hydrogen-bond donors (Lipinski definition) is 1. The van der Waals surface area contributed by atoms with Gasteiger partial charge in [-0.25, -0.2) is 0 Å². The molecule has 1 N–H and O–H groups in total. The topological polar surface area (TPSA) is 32.3 Å². The summed E-state index contributed by atoms with van der Waals surface area (Å²) in [7, 11) is 1.87. The first-order valence-corrected chi connectivity index (χ1v) is 7.63. The molecule has 5 heteroatoms. The number of carbonyl (C=O) groups is 1. The van der Waals surface area contributed by atoms with Crippen molar-refractivity contribution < 1.29 is 4.79 Å². The fourth-order valence-electron chi connectivity index (χ4n) is 1.91. The van der Waals surface area contributed by atoms with E-state index in [2.05, 4.69) is 33.4 Å². The summed E-state index contributed by atoms with van der Waals surface area (Å²) in [6.07, 6.45) is 3.54. The van der Waals surface area contributed by atoms with Gasteiger partial charge in [-0.1, -0.05) is 28.1 Å². The van der Waals surface area contributed by atoms with E-state index < -0.39 is 0 Å². The van der Waals surface area contributed by atoms with Gasteiger partial charge in [0.05, 0.1) is 6.54 Å². The van der Waals surface area contributed by atoms with Gasteiger partial charge >= 0.3 is 0 Å². The Kier molecular flexibility index (Phi) is 7.56. The number of amides is 1. The van der Waals surface area contributed by atoms with Crippen LogP contribution in [0.4, 0.5) is 0 Å². The molecule has 1 amide bonds. The van der Waals surface area contributed by atoms with E-state index in [0.29, 0.717) is 6.54 Å². The lowest BCUT2D eigenvalue weighted by Crippen LogP contribution is -2.37. The number of likely N-dealkylation sites (N-methyl/N-ethyl adjacent to an activating group) is 1. The number of rotatable bonds is 7. The van der Waals surface area contributed by atoms with Crippen molar-refractivity contribution in [2.75, 3.05) is 26.7 Å². The molecule has 0 radical (unpaired) electrons. The molecule has 1 fully saturated rings. The number of benzene rings is 1. The molecule has 1 aliphatic carbocycles. The lowest BCUT2D eigenvalue weighted by atomic mass is 10.1. The van der Waals surface area contributed by atoms with Crippen LogP contribution in [0.15, 0.2) is 28.7 Å². The van der Waals surface area contributed by atoms with Crippen LogP contribution in [0.5, 0.6) is 0 Å². The molecule has 0 heterocycles. The molecular weight excluding hydrogens is 340 g/mol. The third-order valence-corrected chi connectivity index (χ3v) is 4.01. The molecule has 0 unspecified atom stereocenters. The quantitative estimate of drug-likeness (QED) is 0.810. The smallest absolute Gasteiger partial charge is 0.236 e. The molecule has 1 aromatic rings. The molecule has 1 aromatic carbocycles. The van der Waals surface area contributed by atoms with Gasteiger partial charge in [-0.15, -0.1) is 12.4 Å². The van der Waals surface area contributed by atoms with Gasteiger partial charge < -0.3 is 10.2 Å². The number of carbonyl (C=O) groups excluding carboxylic acids is 1. The van der Waals surface area contributed by atoms with Crippen molar-refractivity contribution in [3.63, 3.8) is 0 Å². The van der Waals surface area contributed by atoms with E-state index in [1.807, 2.05) is 24.1 Å². The molecule has 0 saturated heterocycles. The normalized spacial score (nSPS) is 13.7. The molecule has 112 valence electrons. The van der Waals surface area contributed by atoms with E-state index in [1.54, 1.807) is 0 Å². The van der Waals surface area contributed by atoms with Gasteiger partial charge in [0.15, 0.2) is 0 Å². The molecular formula is C15H22BrClN2O. The monoisotopic (exact) mass is 360 g/mol. The summed E-state index contributed by atoms with van der Waals surface area (Å²) in [4.78, 5) is 13.7. The summed E-state index contributed by atoms with van der Waals surface area (Å²) in [5.74, 6) is 0.999. The van der Waals surface area contributed by atoms with Crippen LogP contribution in [0, 0.1) is 5.92 Å². The fourth-order valence-corrected chi connectivity index (χ4v) is 2.18. The maximum atomic E-state index is 11.9. The van der Waals surface area contributed by atoms with Crippen LogP contribution in [-0.2, 0) is 11.2 Å². The van der Waals surface area contributed by atoms with Gasteiger partial charge in [0, 0.05) is 18.1 Å². The highest BCUT2D eigenvalue weighted by Crippen LogP contribution is 2.27. The van der Waals surface area contributed by atoms with E-state index >= 15 is 0 Å². The second kappa shape index (κ2) is 8.65. The molecule has 20 heavy (non-hydrogen) atoms. The van der Waals surface area contributed by atoms with Crippen LogP contribution in [0.2, 0.25) is 0 Å². The van der Waals surface area contributed by atoms with Crippen molar-refractivity contribution in [1.82, 2.24) is 10.2 Å². The average molecular weight is 362 g/mol. The minimum absolute atomic E-state index is 0. The largest absolute Gasteiger partial charge is 0.344 e. The maximum Gasteiger partial charge on any atom is 0.236 e. The SMILES string of the molecule is CN(CCc1ccc(Br)cc1)C(=O)CNCC1CC1.Cl. The molecule has 0 aliphatic heterocycles. The fraction of sp³-hybridized carbons (Fsp3) is 0.533. The van der Waals surface area contributed by atoms with Crippen LogP contribution in [-0.4, -0.2) is 37.5 Å². The third kappa shape index (κ3) is 6.25. The number of hydrogen-bond acceptors (Lipinski definition) is 2. The highest BCUT2D eigenvalue weighted by molar-refractivity contribution is 9.10. The Morgan fingerprint density at radius 2 is 2.00 bits per heavy atom. The van der Waals surface area contributed by atoms with Crippen LogP contribution in [0.25, 0.3) is 0 Å².